The molecule has 0 rings (SSSR count). The van der Waals surface area contributed by atoms with E-state index >= 15 is 0 Å². The molecule has 0 aromatic carbocycles. The predicted molar refractivity (Wildman–Crippen MR) is 52.7 cm³/mol. The summed E-state index contributed by atoms with van der Waals surface area (Å²) in [5.41, 5.74) is 0. The van der Waals surface area contributed by atoms with Crippen molar-refractivity contribution in [3.05, 3.63) is 23.8 Å². The molecule has 5 heteroatoms. The maximum atomic E-state index is 10.0. The van der Waals surface area contributed by atoms with E-state index in [2.05, 4.69) is 18.3 Å². The van der Waals surface area contributed by atoms with Crippen LogP contribution < -0.4 is 56.5 Å². The van der Waals surface area contributed by atoms with Gasteiger partial charge in [0.15, 0.2) is 0 Å². The first-order chi connectivity index (χ1) is 5.35. The molecule has 0 saturated heterocycles. The zero-order valence-electron chi connectivity index (χ0n) is 7.16. The van der Waals surface area contributed by atoms with Crippen LogP contribution in [0.5, 0.6) is 0 Å². The number of hydrogen-bond acceptors (Lipinski definition) is 4. The van der Waals surface area contributed by atoms with Gasteiger partial charge in [0.05, 0.1) is 0 Å². The van der Waals surface area contributed by atoms with Crippen molar-refractivity contribution < 1.29 is 56.5 Å². The number of allylic oxidation sites excluding steroid dienone is 2. The van der Waals surface area contributed by atoms with E-state index in [0.717, 1.165) is 5.03 Å². The molecule has 0 aromatic heterocycles. The largest absolute Gasteiger partial charge is 1.00 e. The molecule has 0 aliphatic rings. The van der Waals surface area contributed by atoms with Crippen molar-refractivity contribution in [3.63, 3.8) is 0 Å². The van der Waals surface area contributed by atoms with Crippen LogP contribution in [0.1, 0.15) is 0 Å². The molecule has 0 fully saturated rings. The third-order valence-corrected chi connectivity index (χ3v) is 2.98. The minimum atomic E-state index is -0.0593. The van der Waals surface area contributed by atoms with E-state index in [1.54, 1.807) is 12.2 Å². The van der Waals surface area contributed by atoms with Crippen LogP contribution in [0, 0.1) is 0 Å². The Bertz CT molecular complexity index is 161. The quantitative estimate of drug-likeness (QED) is 0.181. The Morgan fingerprint density at radius 2 is 2.25 bits per heavy atom. The molecule has 0 bridgehead atoms. The number of hydrogen-bond donors (Lipinski definition) is 0. The Hall–Kier alpha value is 1.45. The molecule has 0 heterocycles. The molecule has 0 aliphatic heterocycles. The van der Waals surface area contributed by atoms with Gasteiger partial charge in [-0.3, -0.25) is 4.99 Å². The van der Waals surface area contributed by atoms with Crippen LogP contribution in [0.15, 0.2) is 28.8 Å². The fourth-order valence-corrected chi connectivity index (χ4v) is 1.96. The van der Waals surface area contributed by atoms with Gasteiger partial charge in [-0.1, -0.05) is 23.4 Å². The molecule has 0 aromatic rings. The second-order valence-corrected chi connectivity index (χ2v) is 3.94. The van der Waals surface area contributed by atoms with Gasteiger partial charge in [0, 0.05) is 0 Å². The second kappa shape index (κ2) is 12.4. The summed E-state index contributed by atoms with van der Waals surface area (Å²) < 4.78 is 0. The van der Waals surface area contributed by atoms with Crippen molar-refractivity contribution in [2.24, 2.45) is 4.99 Å². The Morgan fingerprint density at radius 3 is 2.67 bits per heavy atom. The zero-order chi connectivity index (χ0) is 8.53. The molecule has 0 radical (unpaired) electrons. The van der Waals surface area contributed by atoms with Crippen molar-refractivity contribution in [3.8, 4) is 0 Å². The molecule has 0 amide bonds. The van der Waals surface area contributed by atoms with Gasteiger partial charge in [-0.05, 0) is 29.3 Å². The standard InChI is InChI=1S/C7H10NOS2.K/c1-3-4-7(8-2)11-10-6-5-9;/h3-4H,1-2,5-6H2;/q-1;+1/b7-4+;. The number of aliphatic imine (C=N–C) groups is 1. The molecule has 0 atom stereocenters. The molecule has 0 saturated carbocycles. The summed E-state index contributed by atoms with van der Waals surface area (Å²) in [4.78, 5) is 3.73. The third kappa shape index (κ3) is 9.53. The summed E-state index contributed by atoms with van der Waals surface area (Å²) >= 11 is 0. The van der Waals surface area contributed by atoms with Gasteiger partial charge in [0.25, 0.3) is 0 Å². The van der Waals surface area contributed by atoms with Crippen molar-refractivity contribution in [2.45, 2.75) is 0 Å². The number of rotatable bonds is 6. The first-order valence-corrected chi connectivity index (χ1v) is 5.34. The summed E-state index contributed by atoms with van der Waals surface area (Å²) in [5, 5.41) is 10.8. The minimum Gasteiger partial charge on any atom is -0.854 e. The van der Waals surface area contributed by atoms with Crippen molar-refractivity contribution >= 4 is 28.3 Å². The molecule has 62 valence electrons. The first-order valence-electron chi connectivity index (χ1n) is 3.02. The smallest absolute Gasteiger partial charge is 0.854 e. The normalized spacial score (nSPS) is 10.2. The maximum Gasteiger partial charge on any atom is 1.00 e. The molecule has 12 heavy (non-hydrogen) atoms. The predicted octanol–water partition coefficient (Wildman–Crippen LogP) is -1.54. The summed E-state index contributed by atoms with van der Waals surface area (Å²) in [6.45, 7) is 6.85. The molecule has 0 aliphatic carbocycles. The molecular formula is C7H10KNOS2. The molecule has 0 N–H and O–H groups in total. The van der Waals surface area contributed by atoms with Crippen molar-refractivity contribution in [1.82, 2.24) is 0 Å². The summed E-state index contributed by atoms with van der Waals surface area (Å²) in [6.07, 6.45) is 3.41. The van der Waals surface area contributed by atoms with Gasteiger partial charge < -0.3 is 5.11 Å². The first kappa shape index (κ1) is 15.9. The fourth-order valence-electron chi connectivity index (χ4n) is 0.344. The third-order valence-electron chi connectivity index (χ3n) is 0.727. The van der Waals surface area contributed by atoms with Crippen molar-refractivity contribution in [1.29, 1.82) is 0 Å². The maximum absolute atomic E-state index is 10.0. The molecular weight excluding hydrogens is 217 g/mol. The van der Waals surface area contributed by atoms with E-state index < -0.39 is 0 Å². The van der Waals surface area contributed by atoms with E-state index in [0.29, 0.717) is 5.75 Å². The average molecular weight is 227 g/mol. The van der Waals surface area contributed by atoms with Crippen LogP contribution in [0.2, 0.25) is 0 Å². The zero-order valence-corrected chi connectivity index (χ0v) is 11.9. The van der Waals surface area contributed by atoms with E-state index in [1.165, 1.54) is 21.6 Å². The van der Waals surface area contributed by atoms with Crippen LogP contribution in [-0.2, 0) is 0 Å². The molecule has 2 nitrogen and oxygen atoms in total. The fraction of sp³-hybridized carbons (Fsp3) is 0.286. The van der Waals surface area contributed by atoms with Gasteiger partial charge in [-0.25, -0.2) is 0 Å². The average Bonchev–Trinajstić information content (AvgIpc) is 2.03. The summed E-state index contributed by atoms with van der Waals surface area (Å²) in [6, 6.07) is 0. The van der Waals surface area contributed by atoms with Crippen LogP contribution in [0.25, 0.3) is 0 Å². The minimum absolute atomic E-state index is 0. The second-order valence-electron chi connectivity index (χ2n) is 1.51. The Labute approximate surface area is 124 Å². The Kier molecular flexibility index (Phi) is 16.5. The van der Waals surface area contributed by atoms with Gasteiger partial charge in [-0.2, -0.15) is 0 Å². The van der Waals surface area contributed by atoms with Crippen LogP contribution in [0.3, 0.4) is 0 Å². The molecule has 0 spiro atoms. The van der Waals surface area contributed by atoms with Crippen LogP contribution in [-0.4, -0.2) is 19.1 Å². The van der Waals surface area contributed by atoms with Crippen molar-refractivity contribution in [2.75, 3.05) is 12.4 Å². The van der Waals surface area contributed by atoms with Gasteiger partial charge >= 0.3 is 51.4 Å². The Morgan fingerprint density at radius 1 is 1.58 bits per heavy atom. The van der Waals surface area contributed by atoms with E-state index in [-0.39, 0.29) is 58.0 Å². The Balaban J connectivity index is 0. The van der Waals surface area contributed by atoms with Gasteiger partial charge in [0.2, 0.25) is 0 Å². The monoisotopic (exact) mass is 227 g/mol. The summed E-state index contributed by atoms with van der Waals surface area (Å²) in [5.74, 6) is 0.592. The molecule has 0 unspecified atom stereocenters. The van der Waals surface area contributed by atoms with Gasteiger partial charge in [0.1, 0.15) is 5.03 Å². The van der Waals surface area contributed by atoms with Gasteiger partial charge in [-0.15, -0.1) is 6.61 Å². The SMILES string of the molecule is C=C/C=C(\N=C)SSCC[O-].[K+]. The number of nitrogens with zero attached hydrogens (tertiary/aromatic N) is 1. The van der Waals surface area contributed by atoms with Crippen LogP contribution in [0.4, 0.5) is 0 Å². The van der Waals surface area contributed by atoms with Crippen LogP contribution >= 0.6 is 21.6 Å². The topological polar surface area (TPSA) is 35.4 Å². The van der Waals surface area contributed by atoms with E-state index in [1.807, 2.05) is 0 Å². The summed E-state index contributed by atoms with van der Waals surface area (Å²) in [7, 11) is 2.93. The van der Waals surface area contributed by atoms with E-state index in [9.17, 15) is 5.11 Å². The van der Waals surface area contributed by atoms with E-state index in [4.69, 9.17) is 0 Å².